The monoisotopic (exact) mass is 323 g/mol. The van der Waals surface area contributed by atoms with Gasteiger partial charge in [-0.1, -0.05) is 36.4 Å². The van der Waals surface area contributed by atoms with Gasteiger partial charge in [0, 0.05) is 30.2 Å². The van der Waals surface area contributed by atoms with Gasteiger partial charge in [-0.15, -0.1) is 0 Å². The second-order valence-corrected chi connectivity index (χ2v) is 7.62. The lowest BCUT2D eigenvalue weighted by Gasteiger charge is -2.27. The second-order valence-electron chi connectivity index (χ2n) is 7.62. The summed E-state index contributed by atoms with van der Waals surface area (Å²) in [6.45, 7) is 6.99. The fraction of sp³-hybridized carbons (Fsp3) is 0.429. The Hall–Kier alpha value is -1.84. The molecule has 3 heteroatoms. The van der Waals surface area contributed by atoms with Gasteiger partial charge in [-0.2, -0.15) is 0 Å². The predicted octanol–water partition coefficient (Wildman–Crippen LogP) is 3.80. The molecule has 0 spiro atoms. The third-order valence-electron chi connectivity index (χ3n) is 4.95. The molecule has 0 aromatic heterocycles. The molecule has 1 aliphatic rings. The highest BCUT2D eigenvalue weighted by molar-refractivity contribution is 5.53. The van der Waals surface area contributed by atoms with E-state index in [1.54, 1.807) is 0 Å². The van der Waals surface area contributed by atoms with Crippen LogP contribution in [0.4, 0.5) is 5.69 Å². The highest BCUT2D eigenvalue weighted by Gasteiger charge is 2.23. The molecule has 0 aliphatic carbocycles. The molecule has 0 saturated carbocycles. The number of nitrogens with two attached hydrogens (primary N) is 1. The number of nitrogens with one attached hydrogen (secondary N) is 1. The van der Waals surface area contributed by atoms with Crippen LogP contribution in [0.1, 0.15) is 42.9 Å². The molecule has 0 saturated heterocycles. The van der Waals surface area contributed by atoms with E-state index in [2.05, 4.69) is 79.6 Å². The molecule has 2 aromatic rings. The minimum atomic E-state index is -0.0936. The molecule has 0 radical (unpaired) electrons. The molecular formula is C21H29N3. The number of hydrogen-bond donors (Lipinski definition) is 2. The first-order valence-electron chi connectivity index (χ1n) is 8.83. The van der Waals surface area contributed by atoms with Crippen LogP contribution < -0.4 is 11.1 Å². The molecule has 1 unspecified atom stereocenters. The van der Waals surface area contributed by atoms with Crippen molar-refractivity contribution in [1.82, 2.24) is 4.90 Å². The Morgan fingerprint density at radius 1 is 1.17 bits per heavy atom. The molecule has 1 heterocycles. The van der Waals surface area contributed by atoms with Gasteiger partial charge in [-0.25, -0.2) is 0 Å². The van der Waals surface area contributed by atoms with Crippen molar-refractivity contribution >= 4 is 5.69 Å². The number of fused-ring (bicyclic) bond motifs is 1. The SMILES string of the molecule is CN1CCC(c2ccccc2)c2ccc(NC(C)(C)CN)cc2C1. The largest absolute Gasteiger partial charge is 0.379 e. The fourth-order valence-corrected chi connectivity index (χ4v) is 3.51. The third-order valence-corrected chi connectivity index (χ3v) is 4.95. The molecule has 0 fully saturated rings. The molecule has 128 valence electrons. The van der Waals surface area contributed by atoms with Gasteiger partial charge in [0.05, 0.1) is 0 Å². The van der Waals surface area contributed by atoms with E-state index >= 15 is 0 Å². The van der Waals surface area contributed by atoms with Crippen LogP contribution in [0.5, 0.6) is 0 Å². The third kappa shape index (κ3) is 3.80. The number of anilines is 1. The molecule has 3 rings (SSSR count). The van der Waals surface area contributed by atoms with Crippen molar-refractivity contribution in [3.8, 4) is 0 Å². The van der Waals surface area contributed by atoms with Crippen molar-refractivity contribution in [2.75, 3.05) is 25.5 Å². The minimum Gasteiger partial charge on any atom is -0.379 e. The van der Waals surface area contributed by atoms with Crippen molar-refractivity contribution < 1.29 is 0 Å². The van der Waals surface area contributed by atoms with E-state index < -0.39 is 0 Å². The van der Waals surface area contributed by atoms with Crippen LogP contribution in [-0.2, 0) is 6.54 Å². The molecule has 0 bridgehead atoms. The van der Waals surface area contributed by atoms with E-state index in [9.17, 15) is 0 Å². The molecule has 24 heavy (non-hydrogen) atoms. The molecular weight excluding hydrogens is 294 g/mol. The smallest absolute Gasteiger partial charge is 0.0439 e. The maximum atomic E-state index is 5.87. The first-order valence-corrected chi connectivity index (χ1v) is 8.83. The summed E-state index contributed by atoms with van der Waals surface area (Å²) >= 11 is 0. The summed E-state index contributed by atoms with van der Waals surface area (Å²) < 4.78 is 0. The van der Waals surface area contributed by atoms with Gasteiger partial charge in [0.25, 0.3) is 0 Å². The average molecular weight is 323 g/mol. The van der Waals surface area contributed by atoms with E-state index in [1.165, 1.54) is 16.7 Å². The lowest BCUT2D eigenvalue weighted by atomic mass is 9.86. The van der Waals surface area contributed by atoms with E-state index in [-0.39, 0.29) is 5.54 Å². The number of hydrogen-bond acceptors (Lipinski definition) is 3. The maximum Gasteiger partial charge on any atom is 0.0439 e. The van der Waals surface area contributed by atoms with Crippen LogP contribution in [0.15, 0.2) is 48.5 Å². The van der Waals surface area contributed by atoms with E-state index in [0.717, 1.165) is 25.2 Å². The van der Waals surface area contributed by atoms with Crippen LogP contribution in [0.2, 0.25) is 0 Å². The van der Waals surface area contributed by atoms with Crippen molar-refractivity contribution in [3.05, 3.63) is 65.2 Å². The van der Waals surface area contributed by atoms with Crippen molar-refractivity contribution in [2.24, 2.45) is 5.73 Å². The summed E-state index contributed by atoms with van der Waals surface area (Å²) in [7, 11) is 2.21. The Morgan fingerprint density at radius 2 is 1.92 bits per heavy atom. The van der Waals surface area contributed by atoms with Crippen LogP contribution in [0.3, 0.4) is 0 Å². The summed E-state index contributed by atoms with van der Waals surface area (Å²) in [5.41, 5.74) is 11.2. The van der Waals surface area contributed by atoms with E-state index in [4.69, 9.17) is 5.73 Å². The van der Waals surface area contributed by atoms with Gasteiger partial charge >= 0.3 is 0 Å². The summed E-state index contributed by atoms with van der Waals surface area (Å²) in [6.07, 6.45) is 1.16. The highest BCUT2D eigenvalue weighted by Crippen LogP contribution is 2.35. The average Bonchev–Trinajstić information content (AvgIpc) is 2.73. The Morgan fingerprint density at radius 3 is 2.62 bits per heavy atom. The zero-order chi connectivity index (χ0) is 17.2. The van der Waals surface area contributed by atoms with Crippen LogP contribution in [-0.4, -0.2) is 30.6 Å². The molecule has 1 atom stereocenters. The normalized spacial score (nSPS) is 18.8. The number of rotatable bonds is 4. The minimum absolute atomic E-state index is 0.0936. The van der Waals surface area contributed by atoms with Crippen molar-refractivity contribution in [3.63, 3.8) is 0 Å². The van der Waals surface area contributed by atoms with Crippen molar-refractivity contribution in [1.29, 1.82) is 0 Å². The van der Waals surface area contributed by atoms with Gasteiger partial charge in [0.1, 0.15) is 0 Å². The fourth-order valence-electron chi connectivity index (χ4n) is 3.51. The molecule has 3 nitrogen and oxygen atoms in total. The van der Waals surface area contributed by atoms with Crippen LogP contribution in [0.25, 0.3) is 0 Å². The highest BCUT2D eigenvalue weighted by atomic mass is 15.1. The zero-order valence-corrected chi connectivity index (χ0v) is 15.0. The van der Waals surface area contributed by atoms with E-state index in [1.807, 2.05) is 0 Å². The summed E-state index contributed by atoms with van der Waals surface area (Å²) in [5.74, 6) is 0.475. The number of benzene rings is 2. The Kier molecular flexibility index (Phi) is 4.93. The zero-order valence-electron chi connectivity index (χ0n) is 15.0. The van der Waals surface area contributed by atoms with Gasteiger partial charge in [0.15, 0.2) is 0 Å². The summed E-state index contributed by atoms with van der Waals surface area (Å²) in [4.78, 5) is 2.42. The molecule has 1 aliphatic heterocycles. The quantitative estimate of drug-likeness (QED) is 0.899. The lowest BCUT2D eigenvalue weighted by Crippen LogP contribution is -2.39. The second kappa shape index (κ2) is 6.96. The first-order chi connectivity index (χ1) is 11.5. The van der Waals surface area contributed by atoms with Crippen molar-refractivity contribution in [2.45, 2.75) is 38.3 Å². The standard InChI is InChI=1S/C21H29N3/c1-21(2,15-22)23-18-9-10-19-17(13-18)14-24(3)12-11-20(19)16-7-5-4-6-8-16/h4-10,13,20,23H,11-12,14-15,22H2,1-3H3. The maximum absolute atomic E-state index is 5.87. The number of nitrogens with zero attached hydrogens (tertiary/aromatic N) is 1. The first kappa shape index (κ1) is 17.0. The van der Waals surface area contributed by atoms with Gasteiger partial charge in [-0.3, -0.25) is 0 Å². The Balaban J connectivity index is 1.97. The topological polar surface area (TPSA) is 41.3 Å². The van der Waals surface area contributed by atoms with Crippen LogP contribution >= 0.6 is 0 Å². The molecule has 2 aromatic carbocycles. The van der Waals surface area contributed by atoms with Gasteiger partial charge < -0.3 is 16.0 Å². The van der Waals surface area contributed by atoms with Gasteiger partial charge in [0.2, 0.25) is 0 Å². The van der Waals surface area contributed by atoms with Gasteiger partial charge in [-0.05, 0) is 62.7 Å². The van der Waals surface area contributed by atoms with Crippen LogP contribution in [0, 0.1) is 0 Å². The molecule has 0 amide bonds. The molecule has 3 N–H and O–H groups in total. The Bertz CT molecular complexity index is 679. The Labute approximate surface area is 145 Å². The lowest BCUT2D eigenvalue weighted by molar-refractivity contribution is 0.328. The summed E-state index contributed by atoms with van der Waals surface area (Å²) in [5, 5.41) is 3.56. The van der Waals surface area contributed by atoms with E-state index in [0.29, 0.717) is 12.5 Å². The predicted molar refractivity (Wildman–Crippen MR) is 102 cm³/mol. The summed E-state index contributed by atoms with van der Waals surface area (Å²) in [6, 6.07) is 17.7.